The van der Waals surface area contributed by atoms with Crippen molar-refractivity contribution in [1.82, 2.24) is 9.88 Å². The highest BCUT2D eigenvalue weighted by atomic mass is 19.3. The van der Waals surface area contributed by atoms with Crippen molar-refractivity contribution in [1.29, 1.82) is 0 Å². The highest BCUT2D eigenvalue weighted by Crippen LogP contribution is 2.08. The summed E-state index contributed by atoms with van der Waals surface area (Å²) in [6.07, 6.45) is -0.665. The molecule has 0 aliphatic heterocycles. The van der Waals surface area contributed by atoms with E-state index in [-0.39, 0.29) is 6.54 Å². The minimum absolute atomic E-state index is 0.257. The van der Waals surface area contributed by atoms with Gasteiger partial charge in [0.15, 0.2) is 0 Å². The quantitative estimate of drug-likeness (QED) is 0.802. The lowest BCUT2D eigenvalue weighted by Gasteiger charge is -2.21. The lowest BCUT2D eigenvalue weighted by Crippen LogP contribution is -2.33. The van der Waals surface area contributed by atoms with Gasteiger partial charge in [-0.15, -0.1) is 0 Å². The van der Waals surface area contributed by atoms with Crippen molar-refractivity contribution in [3.63, 3.8) is 0 Å². The SMILES string of the molecule is Cc1cccnc1CN(CCN)CC(F)F. The summed E-state index contributed by atoms with van der Waals surface area (Å²) < 4.78 is 24.6. The molecule has 0 aromatic carbocycles. The summed E-state index contributed by atoms with van der Waals surface area (Å²) in [5, 5.41) is 0. The predicted molar refractivity (Wildman–Crippen MR) is 59.3 cm³/mol. The van der Waals surface area contributed by atoms with E-state index in [4.69, 9.17) is 5.73 Å². The molecule has 90 valence electrons. The second-order valence-electron chi connectivity index (χ2n) is 3.68. The molecule has 1 aromatic rings. The molecule has 0 atom stereocenters. The number of halogens is 2. The van der Waals surface area contributed by atoms with Crippen LogP contribution >= 0.6 is 0 Å². The summed E-state index contributed by atoms with van der Waals surface area (Å²) in [6, 6.07) is 3.75. The zero-order chi connectivity index (χ0) is 12.0. The lowest BCUT2D eigenvalue weighted by molar-refractivity contribution is 0.0855. The number of pyridine rings is 1. The Hall–Kier alpha value is -1.07. The molecule has 0 radical (unpaired) electrons. The van der Waals surface area contributed by atoms with Crippen LogP contribution in [0.15, 0.2) is 18.3 Å². The smallest absolute Gasteiger partial charge is 0.251 e. The Bertz CT molecular complexity index is 318. The first-order valence-corrected chi connectivity index (χ1v) is 5.24. The Labute approximate surface area is 94.3 Å². The molecule has 1 rings (SSSR count). The molecule has 0 aliphatic carbocycles. The fraction of sp³-hybridized carbons (Fsp3) is 0.545. The molecule has 3 nitrogen and oxygen atoms in total. The van der Waals surface area contributed by atoms with Gasteiger partial charge in [0.2, 0.25) is 0 Å². The third-order valence-corrected chi connectivity index (χ3v) is 2.33. The average Bonchev–Trinajstić information content (AvgIpc) is 2.21. The van der Waals surface area contributed by atoms with Gasteiger partial charge in [0, 0.05) is 25.8 Å². The minimum atomic E-state index is -2.34. The van der Waals surface area contributed by atoms with Gasteiger partial charge in [-0.25, -0.2) is 8.78 Å². The van der Waals surface area contributed by atoms with E-state index in [0.29, 0.717) is 19.6 Å². The van der Waals surface area contributed by atoms with Crippen molar-refractivity contribution in [2.45, 2.75) is 19.9 Å². The van der Waals surface area contributed by atoms with Crippen LogP contribution in [0.3, 0.4) is 0 Å². The Morgan fingerprint density at radius 1 is 1.50 bits per heavy atom. The number of hydrogen-bond acceptors (Lipinski definition) is 3. The van der Waals surface area contributed by atoms with Gasteiger partial charge in [0.1, 0.15) is 0 Å². The maximum atomic E-state index is 12.3. The Morgan fingerprint density at radius 3 is 2.81 bits per heavy atom. The van der Waals surface area contributed by atoms with E-state index in [9.17, 15) is 8.78 Å². The Morgan fingerprint density at radius 2 is 2.25 bits per heavy atom. The first-order valence-electron chi connectivity index (χ1n) is 5.24. The first-order chi connectivity index (χ1) is 7.63. The molecule has 1 aromatic heterocycles. The summed E-state index contributed by atoms with van der Waals surface area (Å²) in [5.41, 5.74) is 7.23. The summed E-state index contributed by atoms with van der Waals surface area (Å²) in [6.45, 7) is 2.92. The summed E-state index contributed by atoms with van der Waals surface area (Å²) >= 11 is 0. The largest absolute Gasteiger partial charge is 0.329 e. The zero-order valence-corrected chi connectivity index (χ0v) is 9.37. The van der Waals surface area contributed by atoms with E-state index in [1.54, 1.807) is 11.1 Å². The van der Waals surface area contributed by atoms with E-state index >= 15 is 0 Å². The maximum absolute atomic E-state index is 12.3. The standard InChI is InChI=1S/C11H17F2N3/c1-9-3-2-5-15-10(9)7-16(6-4-14)8-11(12)13/h2-3,5,11H,4,6-8,14H2,1H3. The molecule has 5 heteroatoms. The van der Waals surface area contributed by atoms with Gasteiger partial charge in [-0.3, -0.25) is 9.88 Å². The number of nitrogens with two attached hydrogens (primary N) is 1. The van der Waals surface area contributed by atoms with E-state index < -0.39 is 6.43 Å². The molecule has 0 spiro atoms. The second kappa shape index (κ2) is 6.50. The van der Waals surface area contributed by atoms with Crippen molar-refractivity contribution in [2.24, 2.45) is 5.73 Å². The van der Waals surface area contributed by atoms with Crippen molar-refractivity contribution in [2.75, 3.05) is 19.6 Å². The molecule has 2 N–H and O–H groups in total. The molecule has 0 saturated carbocycles. The fourth-order valence-corrected chi connectivity index (χ4v) is 1.51. The molecule has 0 bridgehead atoms. The Balaban J connectivity index is 2.64. The van der Waals surface area contributed by atoms with Crippen LogP contribution in [0.5, 0.6) is 0 Å². The third-order valence-electron chi connectivity index (χ3n) is 2.33. The van der Waals surface area contributed by atoms with Gasteiger partial charge >= 0.3 is 0 Å². The predicted octanol–water partition coefficient (Wildman–Crippen LogP) is 1.42. The maximum Gasteiger partial charge on any atom is 0.251 e. The number of hydrogen-bond donors (Lipinski definition) is 1. The van der Waals surface area contributed by atoms with Gasteiger partial charge in [-0.2, -0.15) is 0 Å². The summed E-state index contributed by atoms with van der Waals surface area (Å²) in [4.78, 5) is 5.81. The van der Waals surface area contributed by atoms with E-state index in [0.717, 1.165) is 11.3 Å². The number of rotatable bonds is 6. The van der Waals surface area contributed by atoms with Gasteiger partial charge in [-0.1, -0.05) is 6.07 Å². The second-order valence-corrected chi connectivity index (χ2v) is 3.68. The molecular weight excluding hydrogens is 212 g/mol. The van der Waals surface area contributed by atoms with Gasteiger partial charge in [0.05, 0.1) is 12.2 Å². The molecule has 16 heavy (non-hydrogen) atoms. The normalized spacial score (nSPS) is 11.4. The van der Waals surface area contributed by atoms with Crippen LogP contribution in [0.25, 0.3) is 0 Å². The molecule has 0 amide bonds. The molecule has 1 heterocycles. The van der Waals surface area contributed by atoms with Crippen LogP contribution < -0.4 is 5.73 Å². The summed E-state index contributed by atoms with van der Waals surface area (Å²) in [7, 11) is 0. The Kier molecular flexibility index (Phi) is 5.28. The van der Waals surface area contributed by atoms with Gasteiger partial charge < -0.3 is 5.73 Å². The van der Waals surface area contributed by atoms with E-state index in [2.05, 4.69) is 4.98 Å². The van der Waals surface area contributed by atoms with Crippen molar-refractivity contribution in [3.05, 3.63) is 29.6 Å². The van der Waals surface area contributed by atoms with Crippen LogP contribution in [0.4, 0.5) is 8.78 Å². The topological polar surface area (TPSA) is 42.2 Å². The van der Waals surface area contributed by atoms with Crippen LogP contribution in [0.2, 0.25) is 0 Å². The van der Waals surface area contributed by atoms with E-state index in [1.807, 2.05) is 19.1 Å². The van der Waals surface area contributed by atoms with Crippen LogP contribution in [-0.2, 0) is 6.54 Å². The number of alkyl halides is 2. The number of nitrogens with zero attached hydrogens (tertiary/aromatic N) is 2. The van der Waals surface area contributed by atoms with Crippen LogP contribution in [0, 0.1) is 6.92 Å². The highest BCUT2D eigenvalue weighted by Gasteiger charge is 2.13. The molecule has 0 fully saturated rings. The first kappa shape index (κ1) is 13.0. The minimum Gasteiger partial charge on any atom is -0.329 e. The lowest BCUT2D eigenvalue weighted by atomic mass is 10.2. The van der Waals surface area contributed by atoms with Crippen LogP contribution in [0.1, 0.15) is 11.3 Å². The van der Waals surface area contributed by atoms with Crippen molar-refractivity contribution in [3.8, 4) is 0 Å². The summed E-state index contributed by atoms with van der Waals surface area (Å²) in [5.74, 6) is 0. The molecule has 0 unspecified atom stereocenters. The highest BCUT2D eigenvalue weighted by molar-refractivity contribution is 5.17. The average molecular weight is 229 g/mol. The van der Waals surface area contributed by atoms with E-state index in [1.165, 1.54) is 0 Å². The van der Waals surface area contributed by atoms with Crippen LogP contribution in [-0.4, -0.2) is 35.9 Å². The molecule has 0 aliphatic rings. The third kappa shape index (κ3) is 4.20. The molecular formula is C11H17F2N3. The zero-order valence-electron chi connectivity index (χ0n) is 9.37. The number of aromatic nitrogens is 1. The number of aryl methyl sites for hydroxylation is 1. The molecule has 0 saturated heterocycles. The van der Waals surface area contributed by atoms with Gasteiger partial charge in [0.25, 0.3) is 6.43 Å². The van der Waals surface area contributed by atoms with Crippen molar-refractivity contribution < 1.29 is 8.78 Å². The van der Waals surface area contributed by atoms with Gasteiger partial charge in [-0.05, 0) is 18.6 Å². The fourth-order valence-electron chi connectivity index (χ4n) is 1.51. The van der Waals surface area contributed by atoms with Crippen molar-refractivity contribution >= 4 is 0 Å². The monoisotopic (exact) mass is 229 g/mol.